The summed E-state index contributed by atoms with van der Waals surface area (Å²) in [6.07, 6.45) is -0.979. The van der Waals surface area contributed by atoms with Crippen LogP contribution in [0.25, 0.3) is 0 Å². The topological polar surface area (TPSA) is 84.9 Å². The highest BCUT2D eigenvalue weighted by molar-refractivity contribution is 7.09. The molecule has 0 aliphatic rings. The number of amides is 1. The number of benzene rings is 1. The van der Waals surface area contributed by atoms with Gasteiger partial charge < -0.3 is 19.9 Å². The van der Waals surface area contributed by atoms with Gasteiger partial charge in [0.25, 0.3) is 5.91 Å². The maximum absolute atomic E-state index is 12.1. The molecule has 1 aromatic carbocycles. The van der Waals surface area contributed by atoms with Gasteiger partial charge in [-0.15, -0.1) is 11.3 Å². The van der Waals surface area contributed by atoms with Crippen molar-refractivity contribution in [2.45, 2.75) is 19.6 Å². The summed E-state index contributed by atoms with van der Waals surface area (Å²) < 4.78 is 10.0. The highest BCUT2D eigenvalue weighted by Crippen LogP contribution is 2.29. The SMILES string of the molecule is COc1cccc(C(=O)OC(C)C(=O)NCc2cccs2)c1O. The van der Waals surface area contributed by atoms with Gasteiger partial charge in [-0.05, 0) is 30.5 Å². The molecular formula is C16H17NO5S. The van der Waals surface area contributed by atoms with Crippen LogP contribution >= 0.6 is 11.3 Å². The lowest BCUT2D eigenvalue weighted by Gasteiger charge is -2.14. The van der Waals surface area contributed by atoms with Crippen LogP contribution in [0, 0.1) is 0 Å². The van der Waals surface area contributed by atoms with Crippen molar-refractivity contribution in [2.75, 3.05) is 7.11 Å². The van der Waals surface area contributed by atoms with E-state index in [-0.39, 0.29) is 17.1 Å². The number of rotatable bonds is 6. The molecule has 0 spiro atoms. The van der Waals surface area contributed by atoms with E-state index >= 15 is 0 Å². The minimum absolute atomic E-state index is 0.0535. The molecule has 2 aromatic rings. The number of aromatic hydroxyl groups is 1. The molecule has 1 heterocycles. The molecule has 0 saturated heterocycles. The number of hydrogen-bond donors (Lipinski definition) is 2. The van der Waals surface area contributed by atoms with E-state index in [1.807, 2.05) is 17.5 Å². The normalized spacial score (nSPS) is 11.6. The standard InChI is InChI=1S/C16H17NO5S/c1-10(15(19)17-9-11-5-4-8-23-11)22-16(20)12-6-3-7-13(21-2)14(12)18/h3-8,10,18H,9H2,1-2H3,(H,17,19). The summed E-state index contributed by atoms with van der Waals surface area (Å²) >= 11 is 1.52. The number of para-hydroxylation sites is 1. The van der Waals surface area contributed by atoms with Gasteiger partial charge in [-0.1, -0.05) is 12.1 Å². The third-order valence-corrected chi connectivity index (χ3v) is 3.99. The number of nitrogens with one attached hydrogen (secondary N) is 1. The van der Waals surface area contributed by atoms with E-state index in [9.17, 15) is 14.7 Å². The summed E-state index contributed by atoms with van der Waals surface area (Å²) in [5, 5.41) is 14.5. The van der Waals surface area contributed by atoms with E-state index in [2.05, 4.69) is 5.32 Å². The van der Waals surface area contributed by atoms with Gasteiger partial charge in [0.05, 0.1) is 13.7 Å². The fraction of sp³-hybridized carbons (Fsp3) is 0.250. The summed E-state index contributed by atoms with van der Waals surface area (Å²) in [6.45, 7) is 1.85. The number of carbonyl (C=O) groups excluding carboxylic acids is 2. The Bertz CT molecular complexity index is 684. The first-order valence-electron chi connectivity index (χ1n) is 6.90. The Morgan fingerprint density at radius 2 is 2.09 bits per heavy atom. The van der Waals surface area contributed by atoms with E-state index in [0.29, 0.717) is 6.54 Å². The molecule has 1 aromatic heterocycles. The zero-order valence-corrected chi connectivity index (χ0v) is 13.6. The summed E-state index contributed by atoms with van der Waals surface area (Å²) in [4.78, 5) is 25.0. The number of phenolic OH excluding ortho intramolecular Hbond substituents is 1. The van der Waals surface area contributed by atoms with Crippen molar-refractivity contribution in [3.63, 3.8) is 0 Å². The van der Waals surface area contributed by atoms with Crippen molar-refractivity contribution in [1.82, 2.24) is 5.32 Å². The zero-order chi connectivity index (χ0) is 16.8. The number of esters is 1. The van der Waals surface area contributed by atoms with Gasteiger partial charge in [-0.25, -0.2) is 4.79 Å². The zero-order valence-electron chi connectivity index (χ0n) is 12.7. The lowest BCUT2D eigenvalue weighted by molar-refractivity contribution is -0.129. The smallest absolute Gasteiger partial charge is 0.342 e. The van der Waals surface area contributed by atoms with Crippen LogP contribution in [0.1, 0.15) is 22.2 Å². The number of ether oxygens (including phenoxy) is 2. The Kier molecular flexibility index (Phi) is 5.59. The van der Waals surface area contributed by atoms with Crippen molar-refractivity contribution in [1.29, 1.82) is 0 Å². The van der Waals surface area contributed by atoms with E-state index in [0.717, 1.165) is 4.88 Å². The average molecular weight is 335 g/mol. The highest BCUT2D eigenvalue weighted by atomic mass is 32.1. The number of carbonyl (C=O) groups is 2. The Morgan fingerprint density at radius 1 is 1.30 bits per heavy atom. The van der Waals surface area contributed by atoms with E-state index in [1.165, 1.54) is 37.5 Å². The van der Waals surface area contributed by atoms with Crippen LogP contribution in [-0.2, 0) is 16.1 Å². The van der Waals surface area contributed by atoms with E-state index < -0.39 is 18.0 Å². The van der Waals surface area contributed by atoms with Crippen molar-refractivity contribution >= 4 is 23.2 Å². The van der Waals surface area contributed by atoms with Crippen LogP contribution in [-0.4, -0.2) is 30.2 Å². The van der Waals surface area contributed by atoms with Crippen LogP contribution in [0.4, 0.5) is 0 Å². The number of thiophene rings is 1. The van der Waals surface area contributed by atoms with Gasteiger partial charge in [0.2, 0.25) is 0 Å². The maximum Gasteiger partial charge on any atom is 0.342 e. The average Bonchev–Trinajstić information content (AvgIpc) is 3.06. The molecule has 0 fully saturated rings. The van der Waals surface area contributed by atoms with Crippen LogP contribution in [0.5, 0.6) is 11.5 Å². The molecule has 0 aliphatic carbocycles. The maximum atomic E-state index is 12.1. The summed E-state index contributed by atoms with van der Waals surface area (Å²) in [5.74, 6) is -1.35. The third kappa shape index (κ3) is 4.23. The van der Waals surface area contributed by atoms with Crippen molar-refractivity contribution in [3.05, 3.63) is 46.2 Å². The quantitative estimate of drug-likeness (QED) is 0.792. The van der Waals surface area contributed by atoms with Gasteiger partial charge in [0.1, 0.15) is 5.56 Å². The van der Waals surface area contributed by atoms with E-state index in [4.69, 9.17) is 9.47 Å². The molecule has 23 heavy (non-hydrogen) atoms. The molecule has 2 rings (SSSR count). The minimum atomic E-state index is -0.979. The van der Waals surface area contributed by atoms with Crippen LogP contribution in [0.15, 0.2) is 35.7 Å². The van der Waals surface area contributed by atoms with Crippen molar-refractivity contribution in [3.8, 4) is 11.5 Å². The molecule has 1 amide bonds. The van der Waals surface area contributed by atoms with Gasteiger partial charge >= 0.3 is 5.97 Å². The third-order valence-electron chi connectivity index (χ3n) is 3.11. The second kappa shape index (κ2) is 7.64. The fourth-order valence-electron chi connectivity index (χ4n) is 1.86. The van der Waals surface area contributed by atoms with Crippen LogP contribution in [0.3, 0.4) is 0 Å². The number of phenols is 1. The number of methoxy groups -OCH3 is 1. The molecule has 7 heteroatoms. The summed E-state index contributed by atoms with van der Waals surface area (Å²) in [7, 11) is 1.38. The molecule has 0 saturated carbocycles. The molecule has 122 valence electrons. The second-order valence-corrected chi connectivity index (χ2v) is 5.73. The molecule has 1 unspecified atom stereocenters. The van der Waals surface area contributed by atoms with Crippen LogP contribution < -0.4 is 10.1 Å². The van der Waals surface area contributed by atoms with E-state index in [1.54, 1.807) is 6.07 Å². The molecule has 0 bridgehead atoms. The Morgan fingerprint density at radius 3 is 2.74 bits per heavy atom. The molecule has 0 aliphatic heterocycles. The molecule has 6 nitrogen and oxygen atoms in total. The summed E-state index contributed by atoms with van der Waals surface area (Å²) in [6, 6.07) is 8.26. The first kappa shape index (κ1) is 16.8. The Balaban J connectivity index is 1.95. The fourth-order valence-corrected chi connectivity index (χ4v) is 2.51. The second-order valence-electron chi connectivity index (χ2n) is 4.70. The van der Waals surface area contributed by atoms with Gasteiger partial charge in [0.15, 0.2) is 17.6 Å². The van der Waals surface area contributed by atoms with Gasteiger partial charge in [0, 0.05) is 4.88 Å². The van der Waals surface area contributed by atoms with Gasteiger partial charge in [-0.3, -0.25) is 4.79 Å². The first-order chi connectivity index (χ1) is 11.0. The molecular weight excluding hydrogens is 318 g/mol. The minimum Gasteiger partial charge on any atom is -0.504 e. The number of hydrogen-bond acceptors (Lipinski definition) is 6. The summed E-state index contributed by atoms with van der Waals surface area (Å²) in [5.41, 5.74) is -0.0535. The highest BCUT2D eigenvalue weighted by Gasteiger charge is 2.22. The van der Waals surface area contributed by atoms with Crippen molar-refractivity contribution < 1.29 is 24.2 Å². The Labute approximate surface area is 137 Å². The monoisotopic (exact) mass is 335 g/mol. The largest absolute Gasteiger partial charge is 0.504 e. The lowest BCUT2D eigenvalue weighted by atomic mass is 10.2. The molecule has 1 atom stereocenters. The Hall–Kier alpha value is -2.54. The predicted molar refractivity (Wildman–Crippen MR) is 85.7 cm³/mol. The molecule has 0 radical (unpaired) electrons. The van der Waals surface area contributed by atoms with Crippen LogP contribution in [0.2, 0.25) is 0 Å². The predicted octanol–water partition coefficient (Wildman–Crippen LogP) is 2.32. The first-order valence-corrected chi connectivity index (χ1v) is 7.78. The van der Waals surface area contributed by atoms with Crippen molar-refractivity contribution in [2.24, 2.45) is 0 Å². The molecule has 2 N–H and O–H groups in total. The van der Waals surface area contributed by atoms with Gasteiger partial charge in [-0.2, -0.15) is 0 Å². The lowest BCUT2D eigenvalue weighted by Crippen LogP contribution is -2.35.